The molecule has 124 valence electrons. The Hall–Kier alpha value is -1.42. The van der Waals surface area contributed by atoms with Crippen LogP contribution in [0.1, 0.15) is 50.5 Å². The maximum Gasteiger partial charge on any atom is 0.230 e. The third-order valence-corrected chi connectivity index (χ3v) is 6.38. The van der Waals surface area contributed by atoms with Gasteiger partial charge in [0.05, 0.1) is 5.69 Å². The van der Waals surface area contributed by atoms with Crippen molar-refractivity contribution in [3.8, 4) is 0 Å². The van der Waals surface area contributed by atoms with Gasteiger partial charge in [-0.15, -0.1) is 0 Å². The predicted molar refractivity (Wildman–Crippen MR) is 88.8 cm³/mol. The minimum absolute atomic E-state index is 0.0210. The second-order valence-electron chi connectivity index (χ2n) is 7.58. The zero-order valence-electron chi connectivity index (χ0n) is 13.6. The Morgan fingerprint density at radius 2 is 2.04 bits per heavy atom. The minimum atomic E-state index is -0.146. The number of nitrogens with two attached hydrogens (primary N) is 1. The molecule has 1 aromatic carbocycles. The minimum Gasteiger partial charge on any atom is -0.330 e. The van der Waals surface area contributed by atoms with E-state index >= 15 is 0 Å². The molecule has 2 saturated carbocycles. The van der Waals surface area contributed by atoms with E-state index in [9.17, 15) is 9.18 Å². The number of benzene rings is 1. The normalized spacial score (nSPS) is 28.5. The van der Waals surface area contributed by atoms with Crippen LogP contribution in [0.3, 0.4) is 0 Å². The van der Waals surface area contributed by atoms with Crippen molar-refractivity contribution in [1.82, 2.24) is 0 Å². The number of hydrogen-bond donors (Lipinski definition) is 1. The van der Waals surface area contributed by atoms with Crippen LogP contribution in [0.4, 0.5) is 10.1 Å². The van der Waals surface area contributed by atoms with E-state index in [2.05, 4.69) is 0 Å². The highest BCUT2D eigenvalue weighted by Gasteiger charge is 2.49. The van der Waals surface area contributed by atoms with E-state index in [4.69, 9.17) is 5.73 Å². The smallest absolute Gasteiger partial charge is 0.230 e. The standard InChI is InChI=1S/C19H25FN2O/c20-15-7-4-8-16-17(15)19(9-1-2-10-19)12-22(16)18(23)14-6-3-5-13(14)11-21/h4,7-8,13-14H,1-3,5-6,9-12,21H2/t13-,14-/m1/s1. The van der Waals surface area contributed by atoms with Crippen molar-refractivity contribution in [3.05, 3.63) is 29.6 Å². The lowest BCUT2D eigenvalue weighted by Crippen LogP contribution is -2.41. The second kappa shape index (κ2) is 5.59. The van der Waals surface area contributed by atoms with Gasteiger partial charge in [0.15, 0.2) is 0 Å². The Bertz CT molecular complexity index is 624. The monoisotopic (exact) mass is 316 g/mol. The number of halogens is 1. The number of nitrogens with zero attached hydrogens (tertiary/aromatic N) is 1. The third-order valence-electron chi connectivity index (χ3n) is 6.38. The van der Waals surface area contributed by atoms with Crippen LogP contribution in [0.2, 0.25) is 0 Å². The average Bonchev–Trinajstić information content (AvgIpc) is 3.27. The molecule has 23 heavy (non-hydrogen) atoms. The van der Waals surface area contributed by atoms with Gasteiger partial charge in [-0.25, -0.2) is 4.39 Å². The maximum atomic E-state index is 14.6. The fraction of sp³-hybridized carbons (Fsp3) is 0.632. The first-order valence-corrected chi connectivity index (χ1v) is 8.97. The van der Waals surface area contributed by atoms with Crippen molar-refractivity contribution in [3.63, 3.8) is 0 Å². The summed E-state index contributed by atoms with van der Waals surface area (Å²) in [5, 5.41) is 0. The first kappa shape index (κ1) is 15.1. The summed E-state index contributed by atoms with van der Waals surface area (Å²) >= 11 is 0. The summed E-state index contributed by atoms with van der Waals surface area (Å²) in [5.74, 6) is 0.349. The summed E-state index contributed by atoms with van der Waals surface area (Å²) < 4.78 is 14.6. The molecule has 1 spiro atoms. The van der Waals surface area contributed by atoms with E-state index in [1.807, 2.05) is 11.0 Å². The van der Waals surface area contributed by atoms with Gasteiger partial charge in [-0.3, -0.25) is 4.79 Å². The van der Waals surface area contributed by atoms with Crippen LogP contribution >= 0.6 is 0 Å². The molecule has 1 heterocycles. The molecule has 0 bridgehead atoms. The Morgan fingerprint density at radius 3 is 2.78 bits per heavy atom. The Balaban J connectivity index is 1.71. The highest BCUT2D eigenvalue weighted by Crippen LogP contribution is 2.52. The van der Waals surface area contributed by atoms with Crippen LogP contribution in [-0.4, -0.2) is 19.0 Å². The molecule has 2 N–H and O–H groups in total. The van der Waals surface area contributed by atoms with Crippen LogP contribution in [0, 0.1) is 17.7 Å². The largest absolute Gasteiger partial charge is 0.330 e. The summed E-state index contributed by atoms with van der Waals surface area (Å²) in [4.78, 5) is 15.1. The van der Waals surface area contributed by atoms with Gasteiger partial charge in [-0.1, -0.05) is 25.3 Å². The van der Waals surface area contributed by atoms with E-state index < -0.39 is 0 Å². The molecule has 0 unspecified atom stereocenters. The zero-order chi connectivity index (χ0) is 16.0. The molecule has 0 saturated heterocycles. The summed E-state index contributed by atoms with van der Waals surface area (Å²) in [7, 11) is 0. The molecule has 3 aliphatic rings. The lowest BCUT2D eigenvalue weighted by atomic mass is 9.80. The number of fused-ring (bicyclic) bond motifs is 2. The fourth-order valence-electron chi connectivity index (χ4n) is 5.23. The van der Waals surface area contributed by atoms with E-state index in [0.717, 1.165) is 56.2 Å². The Labute approximate surface area is 137 Å². The van der Waals surface area contributed by atoms with Crippen molar-refractivity contribution in [2.24, 2.45) is 17.6 Å². The molecular formula is C19H25FN2O. The van der Waals surface area contributed by atoms with Gasteiger partial charge in [0.2, 0.25) is 5.91 Å². The molecule has 1 aromatic rings. The quantitative estimate of drug-likeness (QED) is 0.909. The van der Waals surface area contributed by atoms with Crippen molar-refractivity contribution >= 4 is 11.6 Å². The summed E-state index contributed by atoms with van der Waals surface area (Å²) in [6, 6.07) is 5.21. The zero-order valence-corrected chi connectivity index (χ0v) is 13.6. The van der Waals surface area contributed by atoms with Gasteiger partial charge in [0, 0.05) is 23.4 Å². The molecule has 2 atom stereocenters. The molecule has 3 nitrogen and oxygen atoms in total. The SMILES string of the molecule is NC[C@H]1CCC[C@H]1C(=O)N1CC2(CCCC2)c2c(F)cccc21. The number of anilines is 1. The molecule has 0 radical (unpaired) electrons. The van der Waals surface area contributed by atoms with Crippen molar-refractivity contribution in [2.45, 2.75) is 50.4 Å². The lowest BCUT2D eigenvalue weighted by molar-refractivity contribution is -0.123. The fourth-order valence-corrected chi connectivity index (χ4v) is 5.23. The van der Waals surface area contributed by atoms with Crippen LogP contribution in [0.5, 0.6) is 0 Å². The molecule has 2 aliphatic carbocycles. The number of hydrogen-bond acceptors (Lipinski definition) is 2. The van der Waals surface area contributed by atoms with E-state index in [1.54, 1.807) is 12.1 Å². The van der Waals surface area contributed by atoms with Crippen LogP contribution in [-0.2, 0) is 10.2 Å². The molecule has 0 aromatic heterocycles. The van der Waals surface area contributed by atoms with Crippen molar-refractivity contribution < 1.29 is 9.18 Å². The van der Waals surface area contributed by atoms with Crippen LogP contribution < -0.4 is 10.6 Å². The lowest BCUT2D eigenvalue weighted by Gasteiger charge is -2.27. The topological polar surface area (TPSA) is 46.3 Å². The first-order chi connectivity index (χ1) is 11.2. The van der Waals surface area contributed by atoms with Gasteiger partial charge in [-0.2, -0.15) is 0 Å². The third kappa shape index (κ3) is 2.22. The summed E-state index contributed by atoms with van der Waals surface area (Å²) in [5.41, 5.74) is 7.34. The van der Waals surface area contributed by atoms with Crippen molar-refractivity contribution in [1.29, 1.82) is 0 Å². The molecule has 4 heteroatoms. The van der Waals surface area contributed by atoms with Gasteiger partial charge >= 0.3 is 0 Å². The molecule has 2 fully saturated rings. The summed E-state index contributed by atoms with van der Waals surface area (Å²) in [6.07, 6.45) is 7.30. The van der Waals surface area contributed by atoms with Gasteiger partial charge < -0.3 is 10.6 Å². The molecule has 4 rings (SSSR count). The number of carbonyl (C=O) groups is 1. The Morgan fingerprint density at radius 1 is 1.26 bits per heavy atom. The van der Waals surface area contributed by atoms with E-state index in [-0.39, 0.29) is 23.1 Å². The highest BCUT2D eigenvalue weighted by atomic mass is 19.1. The van der Waals surface area contributed by atoms with Crippen LogP contribution in [0.25, 0.3) is 0 Å². The Kier molecular flexibility index (Phi) is 3.67. The molecular weight excluding hydrogens is 291 g/mol. The first-order valence-electron chi connectivity index (χ1n) is 8.97. The molecule has 1 amide bonds. The average molecular weight is 316 g/mol. The van der Waals surface area contributed by atoms with E-state index in [1.165, 1.54) is 0 Å². The van der Waals surface area contributed by atoms with Gasteiger partial charge in [0.1, 0.15) is 5.82 Å². The maximum absolute atomic E-state index is 14.6. The number of rotatable bonds is 2. The van der Waals surface area contributed by atoms with Gasteiger partial charge in [0.25, 0.3) is 0 Å². The number of carbonyl (C=O) groups excluding carboxylic acids is 1. The summed E-state index contributed by atoms with van der Waals surface area (Å²) in [6.45, 7) is 1.24. The predicted octanol–water partition coefficient (Wildman–Crippen LogP) is 3.36. The highest BCUT2D eigenvalue weighted by molar-refractivity contribution is 5.98. The van der Waals surface area contributed by atoms with Crippen LogP contribution in [0.15, 0.2) is 18.2 Å². The second-order valence-corrected chi connectivity index (χ2v) is 7.58. The molecule has 1 aliphatic heterocycles. The van der Waals surface area contributed by atoms with Crippen molar-refractivity contribution in [2.75, 3.05) is 18.0 Å². The number of amides is 1. The van der Waals surface area contributed by atoms with E-state index in [0.29, 0.717) is 19.0 Å². The van der Waals surface area contributed by atoms with Gasteiger partial charge in [-0.05, 0) is 50.3 Å².